The maximum absolute atomic E-state index is 2.22. The summed E-state index contributed by atoms with van der Waals surface area (Å²) in [6.07, 6.45) is 5.54. The second-order valence-electron chi connectivity index (χ2n) is 1.96. The first-order chi connectivity index (χ1) is 3.97. The van der Waals surface area contributed by atoms with Crippen molar-refractivity contribution in [2.45, 2.75) is 6.42 Å². The SMILES string of the molecule is C1=Cc2cscc2C1. The number of hydrogen-bond donors (Lipinski definition) is 0. The van der Waals surface area contributed by atoms with Crippen LogP contribution >= 0.6 is 11.3 Å². The summed E-state index contributed by atoms with van der Waals surface area (Å²) >= 11 is 1.79. The molecule has 0 saturated heterocycles. The molecule has 1 aromatic heterocycles. The van der Waals surface area contributed by atoms with Gasteiger partial charge in [0.1, 0.15) is 0 Å². The fourth-order valence-electron chi connectivity index (χ4n) is 0.958. The molecule has 0 radical (unpaired) electrons. The molecule has 8 heavy (non-hydrogen) atoms. The van der Waals surface area contributed by atoms with Crippen molar-refractivity contribution >= 4 is 17.4 Å². The Morgan fingerprint density at radius 1 is 1.38 bits per heavy atom. The monoisotopic (exact) mass is 122 g/mol. The van der Waals surface area contributed by atoms with E-state index in [1.165, 1.54) is 11.1 Å². The Hall–Kier alpha value is -0.560. The number of thiophene rings is 1. The van der Waals surface area contributed by atoms with Crippen molar-refractivity contribution in [2.75, 3.05) is 0 Å². The van der Waals surface area contributed by atoms with Gasteiger partial charge >= 0.3 is 0 Å². The summed E-state index contributed by atoms with van der Waals surface area (Å²) in [5, 5.41) is 4.41. The molecule has 1 aliphatic rings. The third-order valence-electron chi connectivity index (χ3n) is 1.41. The summed E-state index contributed by atoms with van der Waals surface area (Å²) < 4.78 is 0. The van der Waals surface area contributed by atoms with Gasteiger partial charge in [0.2, 0.25) is 0 Å². The van der Waals surface area contributed by atoms with Crippen LogP contribution < -0.4 is 0 Å². The summed E-state index contributed by atoms with van der Waals surface area (Å²) in [6.45, 7) is 0. The summed E-state index contributed by atoms with van der Waals surface area (Å²) in [4.78, 5) is 0. The first-order valence-corrected chi connectivity index (χ1v) is 3.63. The lowest BCUT2D eigenvalue weighted by Crippen LogP contribution is -1.67. The number of hydrogen-bond acceptors (Lipinski definition) is 1. The average Bonchev–Trinajstić information content (AvgIpc) is 2.15. The third kappa shape index (κ3) is 0.450. The molecule has 0 nitrogen and oxygen atoms in total. The summed E-state index contributed by atoms with van der Waals surface area (Å²) in [5.74, 6) is 0. The molecule has 0 unspecified atom stereocenters. The fourth-order valence-corrected chi connectivity index (χ4v) is 1.80. The molecule has 0 spiro atoms. The van der Waals surface area contributed by atoms with Gasteiger partial charge in [-0.1, -0.05) is 12.2 Å². The van der Waals surface area contributed by atoms with Crippen molar-refractivity contribution in [2.24, 2.45) is 0 Å². The molecule has 0 bridgehead atoms. The zero-order chi connectivity index (χ0) is 5.40. The first kappa shape index (κ1) is 4.33. The van der Waals surface area contributed by atoms with E-state index in [0.29, 0.717) is 0 Å². The molecular weight excluding hydrogens is 116 g/mol. The van der Waals surface area contributed by atoms with Crippen molar-refractivity contribution in [3.63, 3.8) is 0 Å². The molecule has 0 amide bonds. The topological polar surface area (TPSA) is 0 Å². The summed E-state index contributed by atoms with van der Waals surface area (Å²) in [5.41, 5.74) is 2.92. The molecule has 2 rings (SSSR count). The number of allylic oxidation sites excluding steroid dienone is 1. The van der Waals surface area contributed by atoms with E-state index < -0.39 is 0 Å². The van der Waals surface area contributed by atoms with E-state index in [1.54, 1.807) is 11.3 Å². The molecule has 0 N–H and O–H groups in total. The molecule has 0 aliphatic heterocycles. The van der Waals surface area contributed by atoms with Gasteiger partial charge in [0.15, 0.2) is 0 Å². The predicted octanol–water partition coefficient (Wildman–Crippen LogP) is 2.32. The minimum atomic E-state index is 1.15. The van der Waals surface area contributed by atoms with Crippen molar-refractivity contribution in [3.8, 4) is 0 Å². The highest BCUT2D eigenvalue weighted by molar-refractivity contribution is 7.08. The minimum Gasteiger partial charge on any atom is -0.151 e. The molecule has 0 saturated carbocycles. The molecule has 0 fully saturated rings. The first-order valence-electron chi connectivity index (χ1n) is 2.68. The Bertz CT molecular complexity index is 220. The van der Waals surface area contributed by atoms with Gasteiger partial charge in [0, 0.05) is 0 Å². The molecule has 0 atom stereocenters. The van der Waals surface area contributed by atoms with Crippen LogP contribution in [0.3, 0.4) is 0 Å². The minimum absolute atomic E-state index is 1.15. The van der Waals surface area contributed by atoms with Crippen molar-refractivity contribution in [1.82, 2.24) is 0 Å². The second-order valence-corrected chi connectivity index (χ2v) is 2.70. The van der Waals surface area contributed by atoms with Crippen LogP contribution in [0.25, 0.3) is 6.08 Å². The highest BCUT2D eigenvalue weighted by Crippen LogP contribution is 2.22. The van der Waals surface area contributed by atoms with Crippen LogP contribution in [0, 0.1) is 0 Å². The van der Waals surface area contributed by atoms with E-state index in [-0.39, 0.29) is 0 Å². The van der Waals surface area contributed by atoms with Gasteiger partial charge in [-0.3, -0.25) is 0 Å². The quantitative estimate of drug-likeness (QED) is 0.495. The molecule has 0 aromatic carbocycles. The van der Waals surface area contributed by atoms with Gasteiger partial charge in [-0.05, 0) is 28.3 Å². The zero-order valence-corrected chi connectivity index (χ0v) is 5.24. The van der Waals surface area contributed by atoms with Crippen LogP contribution in [0.15, 0.2) is 16.8 Å². The third-order valence-corrected chi connectivity index (χ3v) is 2.22. The maximum atomic E-state index is 2.22. The summed E-state index contributed by atoms with van der Waals surface area (Å²) in [7, 11) is 0. The van der Waals surface area contributed by atoms with E-state index in [9.17, 15) is 0 Å². The normalized spacial score (nSPS) is 14.5. The lowest BCUT2D eigenvalue weighted by atomic mass is 10.2. The largest absolute Gasteiger partial charge is 0.151 e. The molecule has 1 aliphatic carbocycles. The van der Waals surface area contributed by atoms with E-state index in [1.807, 2.05) is 0 Å². The molecule has 1 aromatic rings. The van der Waals surface area contributed by atoms with Gasteiger partial charge in [-0.2, -0.15) is 11.3 Å². The van der Waals surface area contributed by atoms with E-state index >= 15 is 0 Å². The van der Waals surface area contributed by atoms with Crippen LogP contribution in [-0.4, -0.2) is 0 Å². The standard InChI is InChI=1S/C7H6S/c1-2-6-4-8-5-7(6)3-1/h1-2,4-5H,3H2. The van der Waals surface area contributed by atoms with Crippen molar-refractivity contribution < 1.29 is 0 Å². The van der Waals surface area contributed by atoms with Crippen molar-refractivity contribution in [3.05, 3.63) is 28.0 Å². The van der Waals surface area contributed by atoms with E-state index in [0.717, 1.165) is 6.42 Å². The Balaban J connectivity index is 2.67. The fraction of sp³-hybridized carbons (Fsp3) is 0.143. The lowest BCUT2D eigenvalue weighted by Gasteiger charge is -1.80. The van der Waals surface area contributed by atoms with Gasteiger partial charge in [0.25, 0.3) is 0 Å². The predicted molar refractivity (Wildman–Crippen MR) is 37.1 cm³/mol. The Labute approximate surface area is 52.5 Å². The van der Waals surface area contributed by atoms with Crippen LogP contribution in [0.4, 0.5) is 0 Å². The van der Waals surface area contributed by atoms with Gasteiger partial charge in [0.05, 0.1) is 0 Å². The Morgan fingerprint density at radius 2 is 2.38 bits per heavy atom. The second kappa shape index (κ2) is 1.46. The Morgan fingerprint density at radius 3 is 3.25 bits per heavy atom. The van der Waals surface area contributed by atoms with Crippen molar-refractivity contribution in [1.29, 1.82) is 0 Å². The molecular formula is C7H6S. The molecule has 40 valence electrons. The average molecular weight is 122 g/mol. The Kier molecular flexibility index (Phi) is 0.788. The smallest absolute Gasteiger partial charge is 0.00179 e. The zero-order valence-electron chi connectivity index (χ0n) is 4.42. The van der Waals surface area contributed by atoms with E-state index in [2.05, 4.69) is 22.9 Å². The van der Waals surface area contributed by atoms with Crippen LogP contribution in [0.2, 0.25) is 0 Å². The lowest BCUT2D eigenvalue weighted by molar-refractivity contribution is 1.34. The van der Waals surface area contributed by atoms with Crippen LogP contribution in [-0.2, 0) is 6.42 Å². The number of fused-ring (bicyclic) bond motifs is 1. The van der Waals surface area contributed by atoms with Crippen LogP contribution in [0.5, 0.6) is 0 Å². The molecule has 1 heterocycles. The molecule has 1 heteroatoms. The highest BCUT2D eigenvalue weighted by Gasteiger charge is 2.02. The van der Waals surface area contributed by atoms with Gasteiger partial charge < -0.3 is 0 Å². The van der Waals surface area contributed by atoms with Crippen LogP contribution in [0.1, 0.15) is 11.1 Å². The highest BCUT2D eigenvalue weighted by atomic mass is 32.1. The van der Waals surface area contributed by atoms with E-state index in [4.69, 9.17) is 0 Å². The summed E-state index contributed by atoms with van der Waals surface area (Å²) in [6, 6.07) is 0. The maximum Gasteiger partial charge on any atom is -0.00179 e. The van der Waals surface area contributed by atoms with Gasteiger partial charge in [-0.25, -0.2) is 0 Å². The number of rotatable bonds is 0. The van der Waals surface area contributed by atoms with Gasteiger partial charge in [-0.15, -0.1) is 0 Å².